The van der Waals surface area contributed by atoms with Crippen LogP contribution < -0.4 is 0 Å². The molecule has 0 saturated heterocycles. The second-order valence-corrected chi connectivity index (χ2v) is 4.14. The minimum absolute atomic E-state index is 0.0397. The summed E-state index contributed by atoms with van der Waals surface area (Å²) in [6.45, 7) is 7.91. The summed E-state index contributed by atoms with van der Waals surface area (Å²) in [7, 11) is 0. The van der Waals surface area contributed by atoms with Gasteiger partial charge in [-0.25, -0.2) is 0 Å². The van der Waals surface area contributed by atoms with E-state index in [1.54, 1.807) is 6.92 Å². The van der Waals surface area contributed by atoms with Crippen molar-refractivity contribution in [2.45, 2.75) is 47.0 Å². The molecule has 0 saturated carbocycles. The number of nitroso groups, excluding NO2 is 1. The van der Waals surface area contributed by atoms with Crippen molar-refractivity contribution in [2.24, 2.45) is 10.6 Å². The highest BCUT2D eigenvalue weighted by atomic mass is 16.5. The lowest BCUT2D eigenvalue weighted by molar-refractivity contribution is -0.153. The Bertz CT molecular complexity index is 286. The molecule has 0 aromatic rings. The Morgan fingerprint density at radius 3 is 2.41 bits per heavy atom. The standard InChI is InChI=1S/C13H23NO3/c1-5-8-11(4)13(9-6-2,10-14-16)12(15)17-7-3/h8H,5-7,9-10H2,1-4H3/b11-8+/t13-/m1/s1. The molecule has 4 heteroatoms. The molecule has 0 fully saturated rings. The normalized spacial score (nSPS) is 15.2. The number of nitrogens with zero attached hydrogens (tertiary/aromatic N) is 1. The van der Waals surface area contributed by atoms with E-state index in [2.05, 4.69) is 5.18 Å². The van der Waals surface area contributed by atoms with Crippen molar-refractivity contribution in [3.8, 4) is 0 Å². The lowest BCUT2D eigenvalue weighted by atomic mass is 9.76. The average molecular weight is 241 g/mol. The van der Waals surface area contributed by atoms with E-state index in [9.17, 15) is 9.70 Å². The molecule has 0 bridgehead atoms. The first-order chi connectivity index (χ1) is 8.08. The largest absolute Gasteiger partial charge is 0.465 e. The Labute approximate surface area is 103 Å². The molecule has 0 radical (unpaired) electrons. The molecule has 0 N–H and O–H groups in total. The van der Waals surface area contributed by atoms with Crippen LogP contribution in [0.15, 0.2) is 16.8 Å². The van der Waals surface area contributed by atoms with Crippen LogP contribution in [0.4, 0.5) is 0 Å². The predicted molar refractivity (Wildman–Crippen MR) is 68.7 cm³/mol. The molecular weight excluding hydrogens is 218 g/mol. The second kappa shape index (κ2) is 7.98. The first kappa shape index (κ1) is 15.8. The number of rotatable bonds is 8. The highest BCUT2D eigenvalue weighted by molar-refractivity contribution is 5.81. The number of allylic oxidation sites excluding steroid dienone is 1. The van der Waals surface area contributed by atoms with Crippen molar-refractivity contribution >= 4 is 5.97 Å². The van der Waals surface area contributed by atoms with Gasteiger partial charge >= 0.3 is 5.97 Å². The van der Waals surface area contributed by atoms with Crippen LogP contribution in [-0.2, 0) is 9.53 Å². The van der Waals surface area contributed by atoms with Gasteiger partial charge in [0.25, 0.3) is 0 Å². The topological polar surface area (TPSA) is 55.7 Å². The van der Waals surface area contributed by atoms with Gasteiger partial charge in [-0.1, -0.05) is 37.1 Å². The third-order valence-corrected chi connectivity index (χ3v) is 2.94. The molecule has 98 valence electrons. The molecule has 0 aliphatic rings. The Kier molecular flexibility index (Phi) is 7.42. The molecule has 0 unspecified atom stereocenters. The summed E-state index contributed by atoms with van der Waals surface area (Å²) in [5, 5.41) is 2.94. The monoisotopic (exact) mass is 241 g/mol. The Morgan fingerprint density at radius 1 is 1.35 bits per heavy atom. The molecule has 0 heterocycles. The second-order valence-electron chi connectivity index (χ2n) is 4.14. The maximum atomic E-state index is 12.1. The molecule has 0 aliphatic heterocycles. The summed E-state index contributed by atoms with van der Waals surface area (Å²) >= 11 is 0. The fourth-order valence-corrected chi connectivity index (χ4v) is 2.04. The van der Waals surface area contributed by atoms with Gasteiger partial charge in [0.15, 0.2) is 0 Å². The van der Waals surface area contributed by atoms with Crippen LogP contribution in [0.1, 0.15) is 47.0 Å². The van der Waals surface area contributed by atoms with Crippen molar-refractivity contribution in [3.63, 3.8) is 0 Å². The lowest BCUT2D eigenvalue weighted by Crippen LogP contribution is -2.37. The first-order valence-corrected chi connectivity index (χ1v) is 6.22. The average Bonchev–Trinajstić information content (AvgIpc) is 2.29. The summed E-state index contributed by atoms with van der Waals surface area (Å²) in [4.78, 5) is 22.7. The minimum Gasteiger partial charge on any atom is -0.465 e. The summed E-state index contributed by atoms with van der Waals surface area (Å²) in [5.74, 6) is -0.330. The Morgan fingerprint density at radius 2 is 2.00 bits per heavy atom. The highest BCUT2D eigenvalue weighted by Crippen LogP contribution is 2.35. The van der Waals surface area contributed by atoms with Gasteiger partial charge in [-0.3, -0.25) is 4.79 Å². The minimum atomic E-state index is -0.859. The third-order valence-electron chi connectivity index (χ3n) is 2.94. The molecule has 4 nitrogen and oxygen atoms in total. The van der Waals surface area contributed by atoms with E-state index < -0.39 is 5.41 Å². The summed E-state index contributed by atoms with van der Waals surface area (Å²) < 4.78 is 5.10. The highest BCUT2D eigenvalue weighted by Gasteiger charge is 2.41. The summed E-state index contributed by atoms with van der Waals surface area (Å²) in [6.07, 6.45) is 4.20. The van der Waals surface area contributed by atoms with E-state index in [1.807, 2.05) is 26.8 Å². The van der Waals surface area contributed by atoms with E-state index in [1.165, 1.54) is 0 Å². The van der Waals surface area contributed by atoms with Crippen molar-refractivity contribution in [3.05, 3.63) is 16.6 Å². The zero-order valence-electron chi connectivity index (χ0n) is 11.3. The fourth-order valence-electron chi connectivity index (χ4n) is 2.04. The zero-order chi connectivity index (χ0) is 13.3. The van der Waals surface area contributed by atoms with Crippen LogP contribution >= 0.6 is 0 Å². The molecule has 0 spiro atoms. The van der Waals surface area contributed by atoms with Gasteiger partial charge in [0.2, 0.25) is 0 Å². The number of ether oxygens (including phenoxy) is 1. The Hall–Kier alpha value is -1.19. The maximum absolute atomic E-state index is 12.1. The number of hydrogen-bond donors (Lipinski definition) is 0. The zero-order valence-corrected chi connectivity index (χ0v) is 11.3. The third kappa shape index (κ3) is 3.95. The molecule has 0 rings (SSSR count). The number of esters is 1. The van der Waals surface area contributed by atoms with Crippen LogP contribution in [0.25, 0.3) is 0 Å². The van der Waals surface area contributed by atoms with Crippen molar-refractivity contribution in [1.82, 2.24) is 0 Å². The van der Waals surface area contributed by atoms with Gasteiger partial charge < -0.3 is 4.74 Å². The van der Waals surface area contributed by atoms with Crippen LogP contribution in [0.2, 0.25) is 0 Å². The van der Waals surface area contributed by atoms with E-state index in [0.717, 1.165) is 18.4 Å². The van der Waals surface area contributed by atoms with Crippen molar-refractivity contribution in [2.75, 3.05) is 13.2 Å². The van der Waals surface area contributed by atoms with Gasteiger partial charge in [0.05, 0.1) is 6.61 Å². The molecule has 1 atom stereocenters. The van der Waals surface area contributed by atoms with Crippen LogP contribution in [0.3, 0.4) is 0 Å². The van der Waals surface area contributed by atoms with E-state index in [-0.39, 0.29) is 12.5 Å². The molecule has 0 aromatic carbocycles. The smallest absolute Gasteiger partial charge is 0.318 e. The van der Waals surface area contributed by atoms with E-state index in [4.69, 9.17) is 4.74 Å². The van der Waals surface area contributed by atoms with Gasteiger partial charge in [-0.15, -0.1) is 0 Å². The first-order valence-electron chi connectivity index (χ1n) is 6.22. The van der Waals surface area contributed by atoms with Gasteiger partial charge in [0.1, 0.15) is 12.0 Å². The van der Waals surface area contributed by atoms with Crippen molar-refractivity contribution < 1.29 is 9.53 Å². The lowest BCUT2D eigenvalue weighted by Gasteiger charge is -2.29. The van der Waals surface area contributed by atoms with Crippen molar-refractivity contribution in [1.29, 1.82) is 0 Å². The fraction of sp³-hybridized carbons (Fsp3) is 0.769. The van der Waals surface area contributed by atoms with Gasteiger partial charge in [-0.05, 0) is 26.7 Å². The molecule has 0 aliphatic carbocycles. The van der Waals surface area contributed by atoms with E-state index >= 15 is 0 Å². The predicted octanol–water partition coefficient (Wildman–Crippen LogP) is 3.46. The molecular formula is C13H23NO3. The van der Waals surface area contributed by atoms with Gasteiger partial charge in [-0.2, -0.15) is 4.91 Å². The number of carbonyl (C=O) groups is 1. The molecule has 0 aromatic heterocycles. The summed E-state index contributed by atoms with van der Waals surface area (Å²) in [5.41, 5.74) is 0.0302. The Balaban J connectivity index is 5.31. The van der Waals surface area contributed by atoms with E-state index in [0.29, 0.717) is 13.0 Å². The van der Waals surface area contributed by atoms with Crippen LogP contribution in [-0.4, -0.2) is 19.1 Å². The van der Waals surface area contributed by atoms with Crippen LogP contribution in [0, 0.1) is 10.3 Å². The quantitative estimate of drug-likeness (QED) is 0.371. The summed E-state index contributed by atoms with van der Waals surface area (Å²) in [6, 6.07) is 0. The SMILES string of the molecule is CC/C=C(\C)[C@@](CCC)(CN=O)C(=O)OCC. The molecule has 17 heavy (non-hydrogen) atoms. The number of carbonyl (C=O) groups excluding carboxylic acids is 1. The number of hydrogen-bond acceptors (Lipinski definition) is 4. The van der Waals surface area contributed by atoms with Crippen LogP contribution in [0.5, 0.6) is 0 Å². The molecule has 0 amide bonds. The van der Waals surface area contributed by atoms with Gasteiger partial charge in [0, 0.05) is 0 Å². The maximum Gasteiger partial charge on any atom is 0.318 e.